The summed E-state index contributed by atoms with van der Waals surface area (Å²) in [6, 6.07) is 6.49. The molecule has 0 aliphatic heterocycles. The smallest absolute Gasteiger partial charge is 0.279 e. The predicted octanol–water partition coefficient (Wildman–Crippen LogP) is 1.65. The first-order valence-electron chi connectivity index (χ1n) is 8.80. The average molecular weight is 406 g/mol. The summed E-state index contributed by atoms with van der Waals surface area (Å²) in [6.45, 7) is 1.75. The van der Waals surface area contributed by atoms with Crippen molar-refractivity contribution < 1.29 is 13.7 Å². The highest BCUT2D eigenvalue weighted by Gasteiger charge is 2.19. The van der Waals surface area contributed by atoms with E-state index < -0.39 is 5.91 Å². The third kappa shape index (κ3) is 2.87. The Labute approximate surface area is 167 Å². The Morgan fingerprint density at radius 3 is 2.93 bits per heavy atom. The second-order valence-corrected chi connectivity index (χ2v) is 6.49. The maximum atomic E-state index is 12.7. The number of fused-ring (bicyclic) bond motifs is 1. The Balaban J connectivity index is 1.49. The van der Waals surface area contributed by atoms with Gasteiger partial charge in [-0.3, -0.25) is 19.3 Å². The molecule has 0 fully saturated rings. The fraction of sp³-hybridized carbons (Fsp3) is 0.111. The number of rotatable bonds is 4. The number of aryl methyl sites for hydroxylation is 2. The van der Waals surface area contributed by atoms with Gasteiger partial charge in [0.15, 0.2) is 17.1 Å². The zero-order valence-electron chi connectivity index (χ0n) is 15.8. The molecule has 5 heterocycles. The van der Waals surface area contributed by atoms with Crippen LogP contribution in [-0.4, -0.2) is 40.6 Å². The van der Waals surface area contributed by atoms with Gasteiger partial charge in [-0.2, -0.15) is 19.9 Å². The van der Waals surface area contributed by atoms with E-state index in [-0.39, 0.29) is 17.2 Å². The SMILES string of the molecule is Cc1cc(NC(=O)c2cc(-c3ccco3)on2)n(-c2nc3c(cnn3C)c(=O)[nH]2)n1. The van der Waals surface area contributed by atoms with E-state index in [1.807, 2.05) is 0 Å². The van der Waals surface area contributed by atoms with Crippen molar-refractivity contribution in [3.05, 3.63) is 58.5 Å². The Morgan fingerprint density at radius 1 is 1.27 bits per heavy atom. The van der Waals surface area contributed by atoms with Gasteiger partial charge in [0, 0.05) is 19.2 Å². The number of nitrogens with zero attached hydrogens (tertiary/aromatic N) is 6. The molecule has 12 heteroatoms. The van der Waals surface area contributed by atoms with E-state index >= 15 is 0 Å². The van der Waals surface area contributed by atoms with Crippen molar-refractivity contribution in [2.45, 2.75) is 6.92 Å². The minimum atomic E-state index is -0.526. The topological polar surface area (TPSA) is 150 Å². The van der Waals surface area contributed by atoms with E-state index in [0.29, 0.717) is 34.1 Å². The number of H-pyrrole nitrogens is 1. The lowest BCUT2D eigenvalue weighted by molar-refractivity contribution is 0.101. The van der Waals surface area contributed by atoms with Gasteiger partial charge in [0.25, 0.3) is 11.5 Å². The molecule has 0 aromatic carbocycles. The van der Waals surface area contributed by atoms with Crippen LogP contribution in [0.4, 0.5) is 5.82 Å². The molecule has 150 valence electrons. The number of carbonyl (C=O) groups excluding carboxylic acids is 1. The predicted molar refractivity (Wildman–Crippen MR) is 103 cm³/mol. The minimum Gasteiger partial charge on any atom is -0.461 e. The standard InChI is InChI=1S/C18H14N8O4/c1-9-6-14(20-17(28)11-7-13(30-24-11)12-4-3-5-29-12)26(23-9)18-21-15-10(16(27)22-18)8-19-25(15)2/h3-8H,1-2H3,(H,20,28)(H,21,22,27). The number of carbonyl (C=O) groups is 1. The summed E-state index contributed by atoms with van der Waals surface area (Å²) in [4.78, 5) is 32.1. The summed E-state index contributed by atoms with van der Waals surface area (Å²) in [5, 5.41) is 15.2. The monoisotopic (exact) mass is 406 g/mol. The molecular weight excluding hydrogens is 392 g/mol. The number of hydrogen-bond donors (Lipinski definition) is 2. The molecule has 5 rings (SSSR count). The van der Waals surface area contributed by atoms with Crippen LogP contribution in [0.3, 0.4) is 0 Å². The van der Waals surface area contributed by atoms with Crippen LogP contribution in [0.2, 0.25) is 0 Å². The van der Waals surface area contributed by atoms with Gasteiger partial charge in [-0.1, -0.05) is 5.16 Å². The number of aromatic amines is 1. The Bertz CT molecular complexity index is 1440. The molecule has 0 aliphatic carbocycles. The van der Waals surface area contributed by atoms with Crippen molar-refractivity contribution in [3.8, 4) is 17.5 Å². The molecule has 0 spiro atoms. The molecule has 30 heavy (non-hydrogen) atoms. The van der Waals surface area contributed by atoms with Crippen LogP contribution >= 0.6 is 0 Å². The first-order chi connectivity index (χ1) is 14.5. The number of amides is 1. The lowest BCUT2D eigenvalue weighted by atomic mass is 10.3. The van der Waals surface area contributed by atoms with Crippen LogP contribution in [0.5, 0.6) is 0 Å². The maximum absolute atomic E-state index is 12.7. The van der Waals surface area contributed by atoms with Crippen LogP contribution in [0, 0.1) is 6.92 Å². The summed E-state index contributed by atoms with van der Waals surface area (Å²) in [7, 11) is 1.68. The van der Waals surface area contributed by atoms with E-state index in [9.17, 15) is 9.59 Å². The van der Waals surface area contributed by atoms with Gasteiger partial charge >= 0.3 is 0 Å². The highest BCUT2D eigenvalue weighted by Crippen LogP contribution is 2.22. The Kier molecular flexibility index (Phi) is 3.84. The Hall–Kier alpha value is -4.48. The van der Waals surface area contributed by atoms with Crippen molar-refractivity contribution in [2.24, 2.45) is 7.05 Å². The molecule has 0 unspecified atom stereocenters. The van der Waals surface area contributed by atoms with Gasteiger partial charge in [0.05, 0.1) is 18.2 Å². The number of hydrogen-bond acceptors (Lipinski definition) is 8. The van der Waals surface area contributed by atoms with E-state index in [1.54, 1.807) is 32.2 Å². The van der Waals surface area contributed by atoms with E-state index in [4.69, 9.17) is 8.94 Å². The van der Waals surface area contributed by atoms with Gasteiger partial charge in [-0.05, 0) is 19.1 Å². The van der Waals surface area contributed by atoms with E-state index in [0.717, 1.165) is 0 Å². The molecule has 2 N–H and O–H groups in total. The van der Waals surface area contributed by atoms with Gasteiger partial charge in [0.1, 0.15) is 11.2 Å². The summed E-state index contributed by atoms with van der Waals surface area (Å²) in [5.74, 6) is 0.679. The molecule has 0 saturated heterocycles. The van der Waals surface area contributed by atoms with Crippen molar-refractivity contribution in [2.75, 3.05) is 5.32 Å². The van der Waals surface area contributed by atoms with E-state index in [1.165, 1.54) is 27.9 Å². The first-order valence-corrected chi connectivity index (χ1v) is 8.80. The summed E-state index contributed by atoms with van der Waals surface area (Å²) < 4.78 is 13.2. The van der Waals surface area contributed by atoms with Crippen LogP contribution in [0.15, 0.2) is 50.5 Å². The molecule has 5 aromatic rings. The second kappa shape index (κ2) is 6.55. The molecule has 1 amide bonds. The minimum absolute atomic E-state index is 0.0512. The third-order valence-electron chi connectivity index (χ3n) is 4.37. The lowest BCUT2D eigenvalue weighted by Gasteiger charge is -2.07. The average Bonchev–Trinajstić information content (AvgIpc) is 3.48. The third-order valence-corrected chi connectivity index (χ3v) is 4.37. The van der Waals surface area contributed by atoms with Crippen LogP contribution < -0.4 is 10.9 Å². The van der Waals surface area contributed by atoms with Crippen molar-refractivity contribution >= 4 is 22.8 Å². The summed E-state index contributed by atoms with van der Waals surface area (Å²) >= 11 is 0. The van der Waals surface area contributed by atoms with Gasteiger partial charge in [0.2, 0.25) is 11.7 Å². The zero-order chi connectivity index (χ0) is 20.8. The Morgan fingerprint density at radius 2 is 2.13 bits per heavy atom. The number of aromatic nitrogens is 7. The molecular formula is C18H14N8O4. The number of nitrogens with one attached hydrogen (secondary N) is 2. The highest BCUT2D eigenvalue weighted by molar-refractivity contribution is 6.02. The molecule has 0 radical (unpaired) electrons. The second-order valence-electron chi connectivity index (χ2n) is 6.49. The van der Waals surface area contributed by atoms with Crippen molar-refractivity contribution in [1.29, 1.82) is 0 Å². The quantitative estimate of drug-likeness (QED) is 0.457. The van der Waals surface area contributed by atoms with Crippen molar-refractivity contribution in [3.63, 3.8) is 0 Å². The largest absolute Gasteiger partial charge is 0.461 e. The molecule has 0 bridgehead atoms. The number of anilines is 1. The van der Waals surface area contributed by atoms with Crippen LogP contribution in [0.1, 0.15) is 16.2 Å². The number of furan rings is 1. The fourth-order valence-electron chi connectivity index (χ4n) is 2.97. The molecule has 5 aromatic heterocycles. The molecule has 0 atom stereocenters. The highest BCUT2D eigenvalue weighted by atomic mass is 16.5. The first kappa shape index (κ1) is 17.6. The van der Waals surface area contributed by atoms with Crippen molar-refractivity contribution in [1.82, 2.24) is 34.7 Å². The van der Waals surface area contributed by atoms with Gasteiger partial charge in [-0.15, -0.1) is 0 Å². The van der Waals surface area contributed by atoms with Crippen LogP contribution in [-0.2, 0) is 7.05 Å². The molecule has 12 nitrogen and oxygen atoms in total. The zero-order valence-corrected chi connectivity index (χ0v) is 15.8. The normalized spacial score (nSPS) is 11.3. The maximum Gasteiger partial charge on any atom is 0.279 e. The fourth-order valence-corrected chi connectivity index (χ4v) is 2.97. The van der Waals surface area contributed by atoms with E-state index in [2.05, 4.69) is 30.6 Å². The summed E-state index contributed by atoms with van der Waals surface area (Å²) in [6.07, 6.45) is 2.93. The van der Waals surface area contributed by atoms with Crippen LogP contribution in [0.25, 0.3) is 28.5 Å². The lowest BCUT2D eigenvalue weighted by Crippen LogP contribution is -2.19. The summed E-state index contributed by atoms with van der Waals surface area (Å²) in [5.41, 5.74) is 0.678. The molecule has 0 aliphatic rings. The molecule has 0 saturated carbocycles. The van der Waals surface area contributed by atoms with Gasteiger partial charge < -0.3 is 14.3 Å². The van der Waals surface area contributed by atoms with Gasteiger partial charge in [-0.25, -0.2) is 0 Å².